The van der Waals surface area contributed by atoms with Gasteiger partial charge < -0.3 is 14.6 Å². The van der Waals surface area contributed by atoms with Crippen molar-refractivity contribution in [1.82, 2.24) is 8.87 Å². The van der Waals surface area contributed by atoms with Crippen molar-refractivity contribution in [3.05, 3.63) is 30.6 Å². The van der Waals surface area contributed by atoms with E-state index in [1.807, 2.05) is 0 Å². The van der Waals surface area contributed by atoms with Gasteiger partial charge in [0.25, 0.3) is 10.0 Å². The molecule has 1 aromatic carbocycles. The van der Waals surface area contributed by atoms with Crippen LogP contribution in [0.3, 0.4) is 0 Å². The van der Waals surface area contributed by atoms with Crippen LogP contribution in [0.5, 0.6) is 5.75 Å². The fourth-order valence-electron chi connectivity index (χ4n) is 2.62. The zero-order chi connectivity index (χ0) is 20.7. The van der Waals surface area contributed by atoms with Gasteiger partial charge in [-0.25, -0.2) is 18.0 Å². The van der Waals surface area contributed by atoms with Crippen LogP contribution in [0.2, 0.25) is 0 Å². The minimum atomic E-state index is -4.05. The summed E-state index contributed by atoms with van der Waals surface area (Å²) < 4.78 is 37.8. The van der Waals surface area contributed by atoms with Crippen molar-refractivity contribution in [1.29, 1.82) is 0 Å². The summed E-state index contributed by atoms with van der Waals surface area (Å²) in [5, 5.41) is 10.3. The van der Waals surface area contributed by atoms with Gasteiger partial charge in [0.1, 0.15) is 11.4 Å². The molecule has 0 radical (unpaired) electrons. The van der Waals surface area contributed by atoms with Gasteiger partial charge in [0.15, 0.2) is 0 Å². The van der Waals surface area contributed by atoms with Crippen molar-refractivity contribution in [2.75, 3.05) is 5.94 Å². The molecule has 1 saturated carbocycles. The van der Waals surface area contributed by atoms with E-state index in [9.17, 15) is 18.0 Å². The number of sulfonamides is 1. The molecule has 0 unspecified atom stereocenters. The van der Waals surface area contributed by atoms with Crippen molar-refractivity contribution in [2.45, 2.75) is 45.3 Å². The summed E-state index contributed by atoms with van der Waals surface area (Å²) in [6.07, 6.45) is 1.98. The third kappa shape index (κ3) is 4.56. The molecule has 0 bridgehead atoms. The number of benzene rings is 1. The molecular weight excluding hydrogens is 388 g/mol. The van der Waals surface area contributed by atoms with Crippen molar-refractivity contribution in [3.8, 4) is 5.75 Å². The van der Waals surface area contributed by atoms with Crippen LogP contribution in [0, 0.1) is 0 Å². The second kappa shape index (κ2) is 7.01. The Hall–Kier alpha value is -2.75. The summed E-state index contributed by atoms with van der Waals surface area (Å²) in [4.78, 5) is 23.4. The SMILES string of the molecule is CC(C)(C)OC(=O)N(C1CC1)S(=O)(=O)COc1ccc2cn(C(=O)O)cc2c1. The Labute approximate surface area is 162 Å². The molecule has 1 fully saturated rings. The number of rotatable bonds is 5. The molecule has 0 aliphatic heterocycles. The molecule has 10 heteroatoms. The normalized spacial score (nSPS) is 14.7. The lowest BCUT2D eigenvalue weighted by atomic mass is 10.2. The number of carboxylic acid groups (broad SMARTS) is 1. The van der Waals surface area contributed by atoms with E-state index in [0.29, 0.717) is 23.6 Å². The first-order valence-electron chi connectivity index (χ1n) is 8.69. The van der Waals surface area contributed by atoms with E-state index < -0.39 is 39.8 Å². The number of hydrogen-bond acceptors (Lipinski definition) is 6. The van der Waals surface area contributed by atoms with Crippen molar-refractivity contribution < 1.29 is 32.6 Å². The monoisotopic (exact) mass is 410 g/mol. The third-order valence-corrected chi connectivity index (χ3v) is 5.42. The molecule has 1 heterocycles. The van der Waals surface area contributed by atoms with Crippen LogP contribution >= 0.6 is 0 Å². The first-order valence-corrected chi connectivity index (χ1v) is 10.3. The average molecular weight is 410 g/mol. The average Bonchev–Trinajstić information content (AvgIpc) is 3.27. The van der Waals surface area contributed by atoms with E-state index in [4.69, 9.17) is 14.6 Å². The van der Waals surface area contributed by atoms with Crippen LogP contribution in [0.1, 0.15) is 33.6 Å². The Kier molecular flexibility index (Phi) is 5.00. The highest BCUT2D eigenvalue weighted by atomic mass is 32.2. The second-order valence-electron chi connectivity index (χ2n) is 7.62. The minimum Gasteiger partial charge on any atom is -0.476 e. The molecule has 28 heavy (non-hydrogen) atoms. The van der Waals surface area contributed by atoms with E-state index in [2.05, 4.69) is 0 Å². The van der Waals surface area contributed by atoms with Crippen LogP contribution in [0.4, 0.5) is 9.59 Å². The van der Waals surface area contributed by atoms with E-state index in [0.717, 1.165) is 8.87 Å². The molecule has 0 saturated heterocycles. The van der Waals surface area contributed by atoms with Gasteiger partial charge in [0.05, 0.1) is 6.04 Å². The quantitative estimate of drug-likeness (QED) is 0.804. The summed E-state index contributed by atoms with van der Waals surface area (Å²) in [5.41, 5.74) is -0.817. The molecule has 2 aromatic rings. The van der Waals surface area contributed by atoms with Gasteiger partial charge in [-0.2, -0.15) is 4.31 Å². The number of carbonyl (C=O) groups is 2. The predicted octanol–water partition coefficient (Wildman–Crippen LogP) is 3.23. The Morgan fingerprint density at radius 3 is 2.43 bits per heavy atom. The highest BCUT2D eigenvalue weighted by molar-refractivity contribution is 7.89. The molecule has 0 atom stereocenters. The van der Waals surface area contributed by atoms with Gasteiger partial charge >= 0.3 is 12.2 Å². The lowest BCUT2D eigenvalue weighted by Crippen LogP contribution is -2.44. The van der Waals surface area contributed by atoms with E-state index >= 15 is 0 Å². The Morgan fingerprint density at radius 2 is 1.86 bits per heavy atom. The van der Waals surface area contributed by atoms with E-state index in [1.54, 1.807) is 39.0 Å². The predicted molar refractivity (Wildman–Crippen MR) is 101 cm³/mol. The Bertz CT molecular complexity index is 1020. The van der Waals surface area contributed by atoms with E-state index in [1.165, 1.54) is 12.4 Å². The molecule has 1 aliphatic carbocycles. The van der Waals surface area contributed by atoms with E-state index in [-0.39, 0.29) is 5.75 Å². The summed E-state index contributed by atoms with van der Waals surface area (Å²) in [7, 11) is -4.05. The molecule has 9 nitrogen and oxygen atoms in total. The number of hydrogen-bond donors (Lipinski definition) is 1. The van der Waals surface area contributed by atoms with Crippen LogP contribution in [-0.4, -0.2) is 52.2 Å². The van der Waals surface area contributed by atoms with Crippen molar-refractivity contribution in [2.24, 2.45) is 0 Å². The van der Waals surface area contributed by atoms with Crippen LogP contribution in [-0.2, 0) is 14.8 Å². The Balaban J connectivity index is 1.75. The van der Waals surface area contributed by atoms with Gasteiger partial charge in [-0.3, -0.25) is 4.57 Å². The fraction of sp³-hybridized carbons (Fsp3) is 0.444. The largest absolute Gasteiger partial charge is 0.476 e. The molecular formula is C18H22N2O7S. The highest BCUT2D eigenvalue weighted by Gasteiger charge is 2.43. The number of nitrogens with zero attached hydrogens (tertiary/aromatic N) is 2. The summed E-state index contributed by atoms with van der Waals surface area (Å²) in [6.45, 7) is 4.99. The van der Waals surface area contributed by atoms with Crippen LogP contribution in [0.25, 0.3) is 10.8 Å². The van der Waals surface area contributed by atoms with Crippen LogP contribution < -0.4 is 4.74 Å². The Morgan fingerprint density at radius 1 is 1.21 bits per heavy atom. The smallest absolute Gasteiger partial charge is 0.424 e. The van der Waals surface area contributed by atoms with Crippen LogP contribution in [0.15, 0.2) is 30.6 Å². The lowest BCUT2D eigenvalue weighted by molar-refractivity contribution is 0.0379. The summed E-state index contributed by atoms with van der Waals surface area (Å²) in [5.74, 6) is -0.479. The first kappa shape index (κ1) is 20.0. The molecule has 3 rings (SSSR count). The lowest BCUT2D eigenvalue weighted by Gasteiger charge is -2.26. The minimum absolute atomic E-state index is 0.249. The summed E-state index contributed by atoms with van der Waals surface area (Å²) >= 11 is 0. The third-order valence-electron chi connectivity index (χ3n) is 3.96. The zero-order valence-electron chi connectivity index (χ0n) is 15.8. The van der Waals surface area contributed by atoms with Crippen molar-refractivity contribution in [3.63, 3.8) is 0 Å². The topological polar surface area (TPSA) is 115 Å². The second-order valence-corrected chi connectivity index (χ2v) is 9.41. The maximum Gasteiger partial charge on any atom is 0.424 e. The van der Waals surface area contributed by atoms with Gasteiger partial charge in [-0.1, -0.05) is 0 Å². The standard InChI is InChI=1S/C18H22N2O7S/c1-18(2,3)27-17(23)20(14-5-6-14)28(24,25)11-26-15-7-4-12-9-19(16(21)22)10-13(12)8-15/h4,7-10,14H,5-6,11H2,1-3H3,(H,21,22). The first-order chi connectivity index (χ1) is 13.0. The maximum absolute atomic E-state index is 12.7. The molecule has 1 aromatic heterocycles. The molecule has 1 aliphatic rings. The number of aromatic nitrogens is 1. The highest BCUT2D eigenvalue weighted by Crippen LogP contribution is 2.31. The van der Waals surface area contributed by atoms with Crippen molar-refractivity contribution >= 4 is 33.0 Å². The number of ether oxygens (including phenoxy) is 2. The number of carbonyl (C=O) groups excluding carboxylic acids is 1. The van der Waals surface area contributed by atoms with Gasteiger partial charge in [-0.05, 0) is 51.8 Å². The molecule has 1 N–H and O–H groups in total. The van der Waals surface area contributed by atoms with Gasteiger partial charge in [0, 0.05) is 23.2 Å². The zero-order valence-corrected chi connectivity index (χ0v) is 16.6. The number of amides is 1. The molecule has 152 valence electrons. The fourth-order valence-corrected chi connectivity index (χ4v) is 3.95. The van der Waals surface area contributed by atoms with Gasteiger partial charge in [-0.15, -0.1) is 0 Å². The van der Waals surface area contributed by atoms with Gasteiger partial charge in [0.2, 0.25) is 5.94 Å². The number of fused-ring (bicyclic) bond motifs is 1. The maximum atomic E-state index is 12.7. The molecule has 1 amide bonds. The summed E-state index contributed by atoms with van der Waals surface area (Å²) in [6, 6.07) is 4.30. The molecule has 0 spiro atoms.